The van der Waals surface area contributed by atoms with Gasteiger partial charge >= 0.3 is 0 Å². The van der Waals surface area contributed by atoms with Gasteiger partial charge in [0.05, 0.1) is 11.9 Å². The van der Waals surface area contributed by atoms with Crippen molar-refractivity contribution < 1.29 is 14.3 Å². The van der Waals surface area contributed by atoms with E-state index in [2.05, 4.69) is 33.0 Å². The minimum Gasteiger partial charge on any atom is -0.486 e. The summed E-state index contributed by atoms with van der Waals surface area (Å²) in [4.78, 5) is 17.1. The van der Waals surface area contributed by atoms with E-state index in [9.17, 15) is 4.79 Å². The van der Waals surface area contributed by atoms with E-state index in [1.165, 1.54) is 0 Å². The smallest absolute Gasteiger partial charge is 0.224 e. The Balaban J connectivity index is 1.45. The fourth-order valence-electron chi connectivity index (χ4n) is 3.73. The maximum atomic E-state index is 12.4. The zero-order valence-electron chi connectivity index (χ0n) is 16.9. The summed E-state index contributed by atoms with van der Waals surface area (Å²) in [6.45, 7) is 3.20. The Morgan fingerprint density at radius 1 is 1.27 bits per heavy atom. The Bertz CT molecular complexity index is 1110. The number of anilines is 4. The molecule has 5 rings (SSSR count). The van der Waals surface area contributed by atoms with Crippen LogP contribution in [0.15, 0.2) is 30.5 Å². The number of nitrogens with zero attached hydrogens (tertiary/aromatic N) is 3. The van der Waals surface area contributed by atoms with Gasteiger partial charge < -0.3 is 25.4 Å². The Hall–Kier alpha value is -3.49. The lowest BCUT2D eigenvalue weighted by molar-refractivity contribution is -0.116. The van der Waals surface area contributed by atoms with E-state index in [-0.39, 0.29) is 5.91 Å². The lowest BCUT2D eigenvalue weighted by Crippen LogP contribution is -2.16. The van der Waals surface area contributed by atoms with Crippen molar-refractivity contribution in [3.05, 3.63) is 30.5 Å². The van der Waals surface area contributed by atoms with Gasteiger partial charge in [-0.2, -0.15) is 9.61 Å². The number of aromatic nitrogens is 3. The first kappa shape index (κ1) is 18.5. The lowest BCUT2D eigenvalue weighted by Gasteiger charge is -2.21. The van der Waals surface area contributed by atoms with Crippen molar-refractivity contribution in [1.29, 1.82) is 0 Å². The number of benzene rings is 1. The van der Waals surface area contributed by atoms with E-state index in [0.717, 1.165) is 17.9 Å². The molecule has 3 N–H and O–H groups in total. The summed E-state index contributed by atoms with van der Waals surface area (Å²) in [6, 6.07) is 7.53. The van der Waals surface area contributed by atoms with Gasteiger partial charge in [-0.05, 0) is 30.4 Å². The van der Waals surface area contributed by atoms with Gasteiger partial charge in [0.2, 0.25) is 5.91 Å². The first-order valence-electron chi connectivity index (χ1n) is 10.1. The summed E-state index contributed by atoms with van der Waals surface area (Å²) >= 11 is 0. The molecule has 2 atom stereocenters. The van der Waals surface area contributed by atoms with Crippen molar-refractivity contribution >= 4 is 34.6 Å². The average Bonchev–Trinajstić information content (AvgIpc) is 3.29. The molecule has 0 spiro atoms. The molecule has 2 unspecified atom stereocenters. The van der Waals surface area contributed by atoms with E-state index in [1.54, 1.807) is 10.7 Å². The van der Waals surface area contributed by atoms with Crippen molar-refractivity contribution in [3.63, 3.8) is 0 Å². The minimum atomic E-state index is -0.00639. The van der Waals surface area contributed by atoms with Gasteiger partial charge in [0.25, 0.3) is 0 Å². The molecule has 9 heteroatoms. The minimum absolute atomic E-state index is 0.00639. The maximum absolute atomic E-state index is 12.4. The van der Waals surface area contributed by atoms with E-state index in [0.29, 0.717) is 60.1 Å². The Morgan fingerprint density at radius 3 is 2.90 bits per heavy atom. The second-order valence-electron chi connectivity index (χ2n) is 7.75. The van der Waals surface area contributed by atoms with Crippen molar-refractivity contribution in [2.45, 2.75) is 19.8 Å². The largest absolute Gasteiger partial charge is 0.486 e. The van der Waals surface area contributed by atoms with Gasteiger partial charge in [0.1, 0.15) is 30.5 Å². The summed E-state index contributed by atoms with van der Waals surface area (Å²) in [7, 11) is 1.81. The fraction of sp³-hybridized carbons (Fsp3) is 0.381. The molecular formula is C21H24N6O3. The fourth-order valence-corrected chi connectivity index (χ4v) is 3.73. The summed E-state index contributed by atoms with van der Waals surface area (Å²) < 4.78 is 13.1. The summed E-state index contributed by atoms with van der Waals surface area (Å²) in [5, 5.41) is 13.8. The summed E-state index contributed by atoms with van der Waals surface area (Å²) in [6.07, 6.45) is 3.27. The molecule has 1 aromatic carbocycles. The van der Waals surface area contributed by atoms with Crippen LogP contribution in [-0.2, 0) is 4.79 Å². The number of carbonyl (C=O) groups excluding carboxylic acids is 1. The predicted molar refractivity (Wildman–Crippen MR) is 114 cm³/mol. The molecule has 1 saturated carbocycles. The zero-order chi connectivity index (χ0) is 20.7. The Kier molecular flexibility index (Phi) is 4.57. The quantitative estimate of drug-likeness (QED) is 0.575. The number of rotatable bonds is 6. The van der Waals surface area contributed by atoms with Gasteiger partial charge in [0, 0.05) is 19.5 Å². The van der Waals surface area contributed by atoms with Crippen LogP contribution in [0.4, 0.5) is 23.0 Å². The van der Waals surface area contributed by atoms with Crippen LogP contribution >= 0.6 is 0 Å². The molecule has 156 valence electrons. The molecule has 30 heavy (non-hydrogen) atoms. The first-order chi connectivity index (χ1) is 14.6. The highest BCUT2D eigenvalue weighted by Crippen LogP contribution is 2.41. The number of hydrogen-bond acceptors (Lipinski definition) is 7. The first-order valence-corrected chi connectivity index (χ1v) is 10.1. The highest BCUT2D eigenvalue weighted by Gasteiger charge is 2.34. The van der Waals surface area contributed by atoms with E-state index in [1.807, 2.05) is 31.3 Å². The topological polar surface area (TPSA) is 102 Å². The molecule has 1 aliphatic heterocycles. The van der Waals surface area contributed by atoms with Crippen LogP contribution in [-0.4, -0.2) is 40.8 Å². The molecule has 3 heterocycles. The second-order valence-corrected chi connectivity index (χ2v) is 7.75. The third-order valence-electron chi connectivity index (χ3n) is 5.55. The number of amides is 1. The molecular weight excluding hydrogens is 384 g/mol. The van der Waals surface area contributed by atoms with Crippen LogP contribution in [0.2, 0.25) is 0 Å². The summed E-state index contributed by atoms with van der Waals surface area (Å²) in [5.74, 6) is 3.81. The number of ether oxygens (including phenoxy) is 2. The second kappa shape index (κ2) is 7.40. The Labute approximate surface area is 173 Å². The van der Waals surface area contributed by atoms with Crippen molar-refractivity contribution in [2.24, 2.45) is 11.8 Å². The van der Waals surface area contributed by atoms with Crippen LogP contribution in [0, 0.1) is 11.8 Å². The van der Waals surface area contributed by atoms with Crippen LogP contribution in [0.25, 0.3) is 5.65 Å². The monoisotopic (exact) mass is 408 g/mol. The number of para-hydroxylation sites is 1. The molecule has 1 amide bonds. The molecule has 0 radical (unpaired) electrons. The molecule has 2 aliphatic rings. The number of nitrogens with one attached hydrogen (secondary N) is 3. The molecule has 0 saturated heterocycles. The molecule has 1 aliphatic carbocycles. The van der Waals surface area contributed by atoms with Gasteiger partial charge in [-0.25, -0.2) is 4.98 Å². The molecule has 3 aromatic rings. The highest BCUT2D eigenvalue weighted by atomic mass is 16.6. The predicted octanol–water partition coefficient (Wildman–Crippen LogP) is 3.27. The SMILES string of the molecule is CNc1cc(Nc2cccc3c2OCCO3)nc2c(NC(=O)CC3CC3C)cnn12. The van der Waals surface area contributed by atoms with Crippen molar-refractivity contribution in [1.82, 2.24) is 14.6 Å². The normalized spacial score (nSPS) is 19.4. The lowest BCUT2D eigenvalue weighted by atomic mass is 10.2. The third kappa shape index (κ3) is 3.47. The number of hydrogen-bond donors (Lipinski definition) is 3. The van der Waals surface area contributed by atoms with Gasteiger partial charge in [-0.1, -0.05) is 13.0 Å². The van der Waals surface area contributed by atoms with Crippen LogP contribution in [0.3, 0.4) is 0 Å². The van der Waals surface area contributed by atoms with Crippen molar-refractivity contribution in [3.8, 4) is 11.5 Å². The van der Waals surface area contributed by atoms with Gasteiger partial charge in [-0.15, -0.1) is 0 Å². The molecule has 1 fully saturated rings. The number of carbonyl (C=O) groups is 1. The van der Waals surface area contributed by atoms with E-state index in [4.69, 9.17) is 9.47 Å². The molecule has 2 aromatic heterocycles. The third-order valence-corrected chi connectivity index (χ3v) is 5.55. The van der Waals surface area contributed by atoms with Crippen LogP contribution in [0.5, 0.6) is 11.5 Å². The van der Waals surface area contributed by atoms with Gasteiger partial charge in [-0.3, -0.25) is 4.79 Å². The maximum Gasteiger partial charge on any atom is 0.224 e. The molecule has 9 nitrogen and oxygen atoms in total. The Morgan fingerprint density at radius 2 is 2.10 bits per heavy atom. The zero-order valence-corrected chi connectivity index (χ0v) is 16.9. The van der Waals surface area contributed by atoms with Crippen LogP contribution in [0.1, 0.15) is 19.8 Å². The average molecular weight is 408 g/mol. The van der Waals surface area contributed by atoms with Crippen LogP contribution < -0.4 is 25.4 Å². The summed E-state index contributed by atoms with van der Waals surface area (Å²) in [5.41, 5.74) is 1.91. The van der Waals surface area contributed by atoms with E-state index >= 15 is 0 Å². The number of fused-ring (bicyclic) bond motifs is 2. The van der Waals surface area contributed by atoms with E-state index < -0.39 is 0 Å². The van der Waals surface area contributed by atoms with Gasteiger partial charge in [0.15, 0.2) is 17.1 Å². The van der Waals surface area contributed by atoms with Crippen molar-refractivity contribution in [2.75, 3.05) is 36.2 Å². The highest BCUT2D eigenvalue weighted by molar-refractivity contribution is 5.95. The standard InChI is InChI=1S/C21H24N6O3/c1-12-8-13(12)9-19(28)25-15-11-23-27-18(22-2)10-17(26-21(15)27)24-14-4-3-5-16-20(14)30-7-6-29-16/h3-5,10-13,22H,6-9H2,1-2H3,(H,24,26)(H,25,28). The molecule has 0 bridgehead atoms.